The fourth-order valence-electron chi connectivity index (χ4n) is 3.01. The Labute approximate surface area is 145 Å². The minimum absolute atomic E-state index is 0.0409. The molecular weight excluding hydrogens is 402 g/mol. The maximum Gasteiger partial charge on any atom is 0.146 e. The number of rotatable bonds is 4. The Morgan fingerprint density at radius 2 is 1.45 bits per heavy atom. The second kappa shape index (κ2) is 6.55. The Bertz CT molecular complexity index is 706. The Kier molecular flexibility index (Phi) is 4.70. The predicted molar refractivity (Wildman–Crippen MR) is 104 cm³/mol. The van der Waals surface area contributed by atoms with Crippen molar-refractivity contribution in [2.24, 2.45) is 5.92 Å². The van der Waals surface area contributed by atoms with Gasteiger partial charge in [-0.1, -0.05) is 85.8 Å². The SMILES string of the molecule is C[C@H](C1C=CC=C1I)P(=O)(c1ccccc1)c1ccccc1. The van der Waals surface area contributed by atoms with Gasteiger partial charge < -0.3 is 4.57 Å². The third kappa shape index (κ3) is 2.75. The number of hydrogen-bond donors (Lipinski definition) is 0. The van der Waals surface area contributed by atoms with Gasteiger partial charge in [0.1, 0.15) is 7.14 Å². The molecule has 1 unspecified atom stereocenters. The maximum atomic E-state index is 14.2. The van der Waals surface area contributed by atoms with Crippen LogP contribution < -0.4 is 10.6 Å². The summed E-state index contributed by atoms with van der Waals surface area (Å²) in [5.41, 5.74) is 0.0409. The molecule has 1 nitrogen and oxygen atoms in total. The summed E-state index contributed by atoms with van der Waals surface area (Å²) in [6.45, 7) is 2.12. The van der Waals surface area contributed by atoms with E-state index in [1.807, 2.05) is 60.7 Å². The van der Waals surface area contributed by atoms with Crippen LogP contribution in [0.15, 0.2) is 82.5 Å². The van der Waals surface area contributed by atoms with Crippen molar-refractivity contribution in [3.05, 3.63) is 82.5 Å². The van der Waals surface area contributed by atoms with E-state index in [0.29, 0.717) is 0 Å². The largest absolute Gasteiger partial charge is 0.313 e. The zero-order chi connectivity index (χ0) is 15.6. The topological polar surface area (TPSA) is 17.1 Å². The average molecular weight is 420 g/mol. The molecule has 22 heavy (non-hydrogen) atoms. The summed E-state index contributed by atoms with van der Waals surface area (Å²) in [4.78, 5) is 0. The van der Waals surface area contributed by atoms with E-state index in [1.165, 1.54) is 3.58 Å². The van der Waals surface area contributed by atoms with E-state index in [0.717, 1.165) is 10.6 Å². The first kappa shape index (κ1) is 15.8. The molecule has 0 heterocycles. The van der Waals surface area contributed by atoms with Crippen molar-refractivity contribution in [2.45, 2.75) is 12.6 Å². The van der Waals surface area contributed by atoms with Gasteiger partial charge in [-0.3, -0.25) is 0 Å². The molecule has 0 bridgehead atoms. The fraction of sp³-hybridized carbons (Fsp3) is 0.158. The van der Waals surface area contributed by atoms with Gasteiger partial charge in [0.05, 0.1) is 0 Å². The fourth-order valence-corrected chi connectivity index (χ4v) is 7.43. The molecular formula is C19H18IOP. The summed E-state index contributed by atoms with van der Waals surface area (Å²) in [7, 11) is -2.70. The number of hydrogen-bond acceptors (Lipinski definition) is 1. The molecule has 0 N–H and O–H groups in total. The quantitative estimate of drug-likeness (QED) is 0.509. The van der Waals surface area contributed by atoms with Gasteiger partial charge in [0, 0.05) is 22.2 Å². The van der Waals surface area contributed by atoms with Gasteiger partial charge in [-0.25, -0.2) is 0 Å². The Hall–Kier alpha value is -1.12. The third-order valence-corrected chi connectivity index (χ3v) is 8.94. The van der Waals surface area contributed by atoms with Crippen LogP contribution in [0.5, 0.6) is 0 Å². The molecule has 0 fully saturated rings. The second-order valence-electron chi connectivity index (χ2n) is 5.53. The molecule has 0 saturated heterocycles. The molecule has 0 aromatic heterocycles. The van der Waals surface area contributed by atoms with E-state index in [4.69, 9.17) is 0 Å². The zero-order valence-corrected chi connectivity index (χ0v) is 15.4. The van der Waals surface area contributed by atoms with E-state index in [9.17, 15) is 4.57 Å². The van der Waals surface area contributed by atoms with E-state index in [1.54, 1.807) is 0 Å². The van der Waals surface area contributed by atoms with E-state index in [2.05, 4.69) is 47.7 Å². The first-order valence-electron chi connectivity index (χ1n) is 7.39. The maximum absolute atomic E-state index is 14.2. The second-order valence-corrected chi connectivity index (χ2v) is 9.94. The summed E-state index contributed by atoms with van der Waals surface area (Å²) in [5.74, 6) is 0.229. The van der Waals surface area contributed by atoms with Crippen LogP contribution in [-0.2, 0) is 4.57 Å². The molecule has 0 radical (unpaired) electrons. The van der Waals surface area contributed by atoms with Crippen molar-refractivity contribution in [2.75, 3.05) is 0 Å². The van der Waals surface area contributed by atoms with Crippen LogP contribution in [0, 0.1) is 5.92 Å². The third-order valence-electron chi connectivity index (χ3n) is 4.27. The molecule has 1 aliphatic rings. The van der Waals surface area contributed by atoms with Gasteiger partial charge in [-0.2, -0.15) is 0 Å². The van der Waals surface area contributed by atoms with Crippen LogP contribution in [0.4, 0.5) is 0 Å². The van der Waals surface area contributed by atoms with Crippen LogP contribution in [0.1, 0.15) is 6.92 Å². The molecule has 2 atom stereocenters. The summed E-state index contributed by atoms with van der Waals surface area (Å²) in [6.07, 6.45) is 6.36. The first-order chi connectivity index (χ1) is 10.6. The molecule has 1 aliphatic carbocycles. The lowest BCUT2D eigenvalue weighted by Crippen LogP contribution is -2.28. The molecule has 112 valence electrons. The van der Waals surface area contributed by atoms with Crippen molar-refractivity contribution in [3.8, 4) is 0 Å². The van der Waals surface area contributed by atoms with Gasteiger partial charge in [0.15, 0.2) is 0 Å². The standard InChI is InChI=1S/C19H18IOP/c1-15(18-13-8-14-19(18)20)22(21,16-9-4-2-5-10-16)17-11-6-3-7-12-17/h2-15,18H,1H3/t15-,18?/m1/s1. The van der Waals surface area contributed by atoms with E-state index >= 15 is 0 Å². The van der Waals surface area contributed by atoms with Crippen LogP contribution >= 0.6 is 29.7 Å². The van der Waals surface area contributed by atoms with Gasteiger partial charge in [-0.05, 0) is 26.2 Å². The van der Waals surface area contributed by atoms with Crippen molar-refractivity contribution >= 4 is 40.3 Å². The summed E-state index contributed by atoms with van der Waals surface area (Å²) in [6, 6.07) is 19.8. The van der Waals surface area contributed by atoms with Crippen LogP contribution in [-0.4, -0.2) is 5.66 Å². The Morgan fingerprint density at radius 3 is 1.86 bits per heavy atom. The molecule has 0 aliphatic heterocycles. The molecule has 0 saturated carbocycles. The van der Waals surface area contributed by atoms with Gasteiger partial charge in [0.2, 0.25) is 0 Å². The molecule has 0 spiro atoms. The Balaban J connectivity index is 2.14. The molecule has 2 aromatic carbocycles. The lowest BCUT2D eigenvalue weighted by molar-refractivity contribution is 0.572. The molecule has 2 aromatic rings. The molecule has 0 amide bonds. The molecule has 3 heteroatoms. The highest BCUT2D eigenvalue weighted by Crippen LogP contribution is 2.54. The van der Waals surface area contributed by atoms with E-state index in [-0.39, 0.29) is 11.6 Å². The minimum atomic E-state index is -2.70. The summed E-state index contributed by atoms with van der Waals surface area (Å²) >= 11 is 2.37. The van der Waals surface area contributed by atoms with Crippen LogP contribution in [0.3, 0.4) is 0 Å². The van der Waals surface area contributed by atoms with Gasteiger partial charge >= 0.3 is 0 Å². The van der Waals surface area contributed by atoms with Crippen molar-refractivity contribution < 1.29 is 4.57 Å². The van der Waals surface area contributed by atoms with E-state index < -0.39 is 7.14 Å². The van der Waals surface area contributed by atoms with Crippen LogP contribution in [0.25, 0.3) is 0 Å². The predicted octanol–water partition coefficient (Wildman–Crippen LogP) is 4.89. The highest BCUT2D eigenvalue weighted by Gasteiger charge is 2.38. The molecule has 3 rings (SSSR count). The van der Waals surface area contributed by atoms with Gasteiger partial charge in [-0.15, -0.1) is 0 Å². The van der Waals surface area contributed by atoms with Crippen molar-refractivity contribution in [1.29, 1.82) is 0 Å². The lowest BCUT2D eigenvalue weighted by Gasteiger charge is -2.30. The summed E-state index contributed by atoms with van der Waals surface area (Å²) < 4.78 is 15.4. The summed E-state index contributed by atoms with van der Waals surface area (Å²) in [5, 5.41) is 1.89. The van der Waals surface area contributed by atoms with Crippen LogP contribution in [0.2, 0.25) is 0 Å². The normalized spacial score (nSPS) is 19.0. The van der Waals surface area contributed by atoms with Crippen molar-refractivity contribution in [1.82, 2.24) is 0 Å². The van der Waals surface area contributed by atoms with Gasteiger partial charge in [0.25, 0.3) is 0 Å². The average Bonchev–Trinajstić information content (AvgIpc) is 3.01. The number of benzene rings is 2. The minimum Gasteiger partial charge on any atom is -0.313 e. The highest BCUT2D eigenvalue weighted by molar-refractivity contribution is 14.1. The van der Waals surface area contributed by atoms with Crippen molar-refractivity contribution in [3.63, 3.8) is 0 Å². The number of allylic oxidation sites excluding steroid dienone is 4. The zero-order valence-electron chi connectivity index (χ0n) is 12.4. The monoisotopic (exact) mass is 420 g/mol. The highest BCUT2D eigenvalue weighted by atomic mass is 127. The lowest BCUT2D eigenvalue weighted by atomic mass is 10.1. The number of halogens is 1. The smallest absolute Gasteiger partial charge is 0.146 e. The Morgan fingerprint density at radius 1 is 0.955 bits per heavy atom. The first-order valence-corrected chi connectivity index (χ1v) is 10.2.